The maximum atomic E-state index is 5.79. The molecular formula is C20H29IN6O4. The van der Waals surface area contributed by atoms with Crippen LogP contribution >= 0.6 is 24.0 Å². The molecule has 0 bridgehead atoms. The Morgan fingerprint density at radius 3 is 3.03 bits per heavy atom. The number of aromatic nitrogens is 3. The topological polar surface area (TPSA) is 104 Å². The normalized spacial score (nSPS) is 17.0. The summed E-state index contributed by atoms with van der Waals surface area (Å²) >= 11 is 0. The van der Waals surface area contributed by atoms with E-state index in [9.17, 15) is 0 Å². The molecule has 0 saturated carbocycles. The maximum Gasteiger partial charge on any atom is 0.231 e. The lowest BCUT2D eigenvalue weighted by molar-refractivity contribution is 0.173. The summed E-state index contributed by atoms with van der Waals surface area (Å²) in [7, 11) is 1.65. The molecular weight excluding hydrogens is 515 g/mol. The summed E-state index contributed by atoms with van der Waals surface area (Å²) in [4.78, 5) is 9.16. The van der Waals surface area contributed by atoms with Gasteiger partial charge in [0, 0.05) is 32.2 Å². The lowest BCUT2D eigenvalue weighted by Gasteiger charge is -2.25. The molecule has 1 atom stereocenters. The van der Waals surface area contributed by atoms with E-state index in [0.717, 1.165) is 55.0 Å². The summed E-state index contributed by atoms with van der Waals surface area (Å²) in [5, 5.41) is 11.3. The molecule has 0 spiro atoms. The van der Waals surface area contributed by atoms with Crippen LogP contribution in [-0.2, 0) is 24.3 Å². The zero-order chi connectivity index (χ0) is 20.8. The van der Waals surface area contributed by atoms with Crippen LogP contribution in [0.4, 0.5) is 0 Å². The molecule has 0 saturated heterocycles. The molecule has 1 aromatic carbocycles. The molecule has 0 fully saturated rings. The van der Waals surface area contributed by atoms with Crippen LogP contribution < -0.4 is 24.8 Å². The molecule has 2 aromatic rings. The van der Waals surface area contributed by atoms with Crippen LogP contribution in [0.2, 0.25) is 0 Å². The second-order valence-corrected chi connectivity index (χ2v) is 7.06. The SMILES string of the molecule is CCNC(=NCCOc1ccc2c(c1)OCO2)NC1CCc2nc(COC)nn2C1.I. The van der Waals surface area contributed by atoms with Crippen molar-refractivity contribution in [2.75, 3.05) is 33.6 Å². The van der Waals surface area contributed by atoms with Gasteiger partial charge in [-0.1, -0.05) is 0 Å². The minimum atomic E-state index is 0. The Morgan fingerprint density at radius 2 is 2.19 bits per heavy atom. The van der Waals surface area contributed by atoms with E-state index in [1.165, 1.54) is 0 Å². The quantitative estimate of drug-likeness (QED) is 0.224. The van der Waals surface area contributed by atoms with Gasteiger partial charge in [0.05, 0.1) is 13.1 Å². The summed E-state index contributed by atoms with van der Waals surface area (Å²) in [5.41, 5.74) is 0. The number of hydrogen-bond acceptors (Lipinski definition) is 7. The predicted octanol–water partition coefficient (Wildman–Crippen LogP) is 1.72. The smallest absolute Gasteiger partial charge is 0.231 e. The summed E-state index contributed by atoms with van der Waals surface area (Å²) in [6.45, 7) is 5.28. The molecule has 0 radical (unpaired) electrons. The largest absolute Gasteiger partial charge is 0.492 e. The van der Waals surface area contributed by atoms with Crippen LogP contribution in [0, 0.1) is 0 Å². The number of nitrogens with one attached hydrogen (secondary N) is 2. The van der Waals surface area contributed by atoms with Crippen LogP contribution in [0.1, 0.15) is 25.0 Å². The van der Waals surface area contributed by atoms with Gasteiger partial charge < -0.3 is 29.6 Å². The van der Waals surface area contributed by atoms with Crippen molar-refractivity contribution in [2.24, 2.45) is 4.99 Å². The molecule has 2 aliphatic rings. The monoisotopic (exact) mass is 544 g/mol. The molecule has 0 aliphatic carbocycles. The van der Waals surface area contributed by atoms with Crippen LogP contribution in [0.5, 0.6) is 17.2 Å². The first kappa shape index (κ1) is 23.4. The fourth-order valence-corrected chi connectivity index (χ4v) is 3.47. The summed E-state index contributed by atoms with van der Waals surface area (Å²) in [6.07, 6.45) is 1.85. The van der Waals surface area contributed by atoms with E-state index >= 15 is 0 Å². The molecule has 3 heterocycles. The third-order valence-electron chi connectivity index (χ3n) is 4.83. The zero-order valence-electron chi connectivity index (χ0n) is 17.8. The number of aliphatic imine (C=N–C) groups is 1. The molecule has 4 rings (SSSR count). The van der Waals surface area contributed by atoms with E-state index in [1.807, 2.05) is 29.8 Å². The van der Waals surface area contributed by atoms with Crippen LogP contribution in [0.3, 0.4) is 0 Å². The maximum absolute atomic E-state index is 5.79. The first-order valence-corrected chi connectivity index (χ1v) is 10.2. The van der Waals surface area contributed by atoms with Gasteiger partial charge in [0.2, 0.25) is 6.79 Å². The minimum absolute atomic E-state index is 0. The second kappa shape index (κ2) is 11.4. The molecule has 170 valence electrons. The number of ether oxygens (including phenoxy) is 4. The molecule has 1 unspecified atom stereocenters. The van der Waals surface area contributed by atoms with E-state index in [0.29, 0.717) is 25.5 Å². The summed E-state index contributed by atoms with van der Waals surface area (Å²) < 4.78 is 23.6. The van der Waals surface area contributed by atoms with Gasteiger partial charge in [0.25, 0.3) is 0 Å². The number of guanidine groups is 1. The Morgan fingerprint density at radius 1 is 1.32 bits per heavy atom. The third kappa shape index (κ3) is 6.12. The average molecular weight is 544 g/mol. The standard InChI is InChI=1S/C20H28N6O4.HI/c1-3-21-20(22-8-9-28-15-5-6-16-17(10-15)30-13-29-16)23-14-4-7-19-24-18(12-27-2)25-26(19)11-14;/h5-6,10,14H,3-4,7-9,11-13H2,1-2H3,(H2,21,22,23);1H. The van der Waals surface area contributed by atoms with Crippen molar-refractivity contribution in [3.05, 3.63) is 29.8 Å². The third-order valence-corrected chi connectivity index (χ3v) is 4.83. The van der Waals surface area contributed by atoms with Crippen molar-refractivity contribution in [2.45, 2.75) is 39.0 Å². The first-order valence-electron chi connectivity index (χ1n) is 10.2. The number of halogens is 1. The van der Waals surface area contributed by atoms with E-state index in [2.05, 4.69) is 25.7 Å². The predicted molar refractivity (Wildman–Crippen MR) is 125 cm³/mol. The Hall–Kier alpha value is -2.28. The summed E-state index contributed by atoms with van der Waals surface area (Å²) in [6, 6.07) is 5.80. The Kier molecular flexibility index (Phi) is 8.58. The first-order chi connectivity index (χ1) is 14.7. The van der Waals surface area contributed by atoms with Crippen molar-refractivity contribution in [1.29, 1.82) is 0 Å². The van der Waals surface area contributed by atoms with Gasteiger partial charge in [0.1, 0.15) is 24.8 Å². The Labute approximate surface area is 198 Å². The second-order valence-electron chi connectivity index (χ2n) is 7.06. The van der Waals surface area contributed by atoms with E-state index in [1.54, 1.807) is 7.11 Å². The molecule has 2 aliphatic heterocycles. The fraction of sp³-hybridized carbons (Fsp3) is 0.550. The molecule has 31 heavy (non-hydrogen) atoms. The highest BCUT2D eigenvalue weighted by Crippen LogP contribution is 2.35. The molecule has 2 N–H and O–H groups in total. The van der Waals surface area contributed by atoms with Crippen LogP contribution in [0.25, 0.3) is 0 Å². The van der Waals surface area contributed by atoms with Crippen molar-refractivity contribution in [3.8, 4) is 17.2 Å². The van der Waals surface area contributed by atoms with Crippen LogP contribution in [-0.4, -0.2) is 60.4 Å². The van der Waals surface area contributed by atoms with Gasteiger partial charge in [-0.3, -0.25) is 0 Å². The number of rotatable bonds is 8. The van der Waals surface area contributed by atoms with Gasteiger partial charge in [-0.05, 0) is 25.5 Å². The number of benzene rings is 1. The van der Waals surface area contributed by atoms with Crippen molar-refractivity contribution in [3.63, 3.8) is 0 Å². The molecule has 11 heteroatoms. The van der Waals surface area contributed by atoms with E-state index in [4.69, 9.17) is 18.9 Å². The summed E-state index contributed by atoms with van der Waals surface area (Å²) in [5.74, 6) is 4.72. The number of nitrogens with zero attached hydrogens (tertiary/aromatic N) is 4. The average Bonchev–Trinajstić information content (AvgIpc) is 3.37. The van der Waals surface area contributed by atoms with Gasteiger partial charge in [-0.25, -0.2) is 14.7 Å². The molecule has 0 amide bonds. The molecule has 10 nitrogen and oxygen atoms in total. The number of hydrogen-bond donors (Lipinski definition) is 2. The van der Waals surface area contributed by atoms with Gasteiger partial charge >= 0.3 is 0 Å². The highest BCUT2D eigenvalue weighted by Gasteiger charge is 2.22. The fourth-order valence-electron chi connectivity index (χ4n) is 3.47. The lowest BCUT2D eigenvalue weighted by Crippen LogP contribution is -2.47. The minimum Gasteiger partial charge on any atom is -0.492 e. The lowest BCUT2D eigenvalue weighted by atomic mass is 10.1. The van der Waals surface area contributed by atoms with Gasteiger partial charge in [-0.2, -0.15) is 5.10 Å². The number of fused-ring (bicyclic) bond motifs is 2. The van der Waals surface area contributed by atoms with Crippen molar-refractivity contribution >= 4 is 29.9 Å². The van der Waals surface area contributed by atoms with E-state index in [-0.39, 0.29) is 36.8 Å². The Balaban J connectivity index is 0.00000272. The zero-order valence-corrected chi connectivity index (χ0v) is 20.1. The molecule has 1 aromatic heterocycles. The number of aryl methyl sites for hydroxylation is 1. The highest BCUT2D eigenvalue weighted by molar-refractivity contribution is 14.0. The van der Waals surface area contributed by atoms with E-state index < -0.39 is 0 Å². The highest BCUT2D eigenvalue weighted by atomic mass is 127. The van der Waals surface area contributed by atoms with Crippen molar-refractivity contribution < 1.29 is 18.9 Å². The van der Waals surface area contributed by atoms with Gasteiger partial charge in [0.15, 0.2) is 23.3 Å². The van der Waals surface area contributed by atoms with Crippen LogP contribution in [0.15, 0.2) is 23.2 Å². The van der Waals surface area contributed by atoms with Crippen molar-refractivity contribution in [1.82, 2.24) is 25.4 Å². The number of methoxy groups -OCH3 is 1. The van der Waals surface area contributed by atoms with Gasteiger partial charge in [-0.15, -0.1) is 24.0 Å². The Bertz CT molecular complexity index is 891.